The summed E-state index contributed by atoms with van der Waals surface area (Å²) in [7, 11) is 4.03. The molecular formula is C18H24N2O2. The highest BCUT2D eigenvalue weighted by molar-refractivity contribution is 5.96. The van der Waals surface area contributed by atoms with Gasteiger partial charge in [-0.2, -0.15) is 0 Å². The molecule has 118 valence electrons. The number of nitrogens with zero attached hydrogens (tertiary/aromatic N) is 1. The van der Waals surface area contributed by atoms with Crippen LogP contribution in [0, 0.1) is 20.8 Å². The van der Waals surface area contributed by atoms with Gasteiger partial charge in [0.05, 0.1) is 11.6 Å². The van der Waals surface area contributed by atoms with Crippen molar-refractivity contribution in [2.45, 2.75) is 26.8 Å². The number of hydrogen-bond donors (Lipinski definition) is 1. The molecule has 1 aromatic carbocycles. The van der Waals surface area contributed by atoms with Crippen LogP contribution in [0.4, 0.5) is 0 Å². The van der Waals surface area contributed by atoms with Gasteiger partial charge in [-0.25, -0.2) is 0 Å². The number of likely N-dealkylation sites (N-methyl/N-ethyl adjacent to an activating group) is 1. The molecule has 1 atom stereocenters. The Kier molecular flexibility index (Phi) is 5.03. The average Bonchev–Trinajstić information content (AvgIpc) is 2.73. The smallest absolute Gasteiger partial charge is 0.255 e. The summed E-state index contributed by atoms with van der Waals surface area (Å²) in [5.41, 5.74) is 2.75. The summed E-state index contributed by atoms with van der Waals surface area (Å²) in [6, 6.07) is 10.3. The van der Waals surface area contributed by atoms with Gasteiger partial charge in [0.1, 0.15) is 11.5 Å². The third-order valence-corrected chi connectivity index (χ3v) is 4.05. The SMILES string of the molecule is Cc1oc(C)c(C(=O)NCC(c2ccccc2)N(C)C)c1C. The van der Waals surface area contributed by atoms with E-state index in [0.717, 1.165) is 11.3 Å². The molecule has 1 N–H and O–H groups in total. The third-order valence-electron chi connectivity index (χ3n) is 4.05. The summed E-state index contributed by atoms with van der Waals surface area (Å²) < 4.78 is 5.53. The Bertz CT molecular complexity index is 645. The zero-order valence-electron chi connectivity index (χ0n) is 13.9. The molecule has 0 aliphatic carbocycles. The van der Waals surface area contributed by atoms with Crippen molar-refractivity contribution in [1.82, 2.24) is 10.2 Å². The Morgan fingerprint density at radius 1 is 1.14 bits per heavy atom. The average molecular weight is 300 g/mol. The minimum atomic E-state index is -0.0744. The summed E-state index contributed by atoms with van der Waals surface area (Å²) in [4.78, 5) is 14.6. The van der Waals surface area contributed by atoms with Crippen molar-refractivity contribution >= 4 is 5.91 Å². The van der Waals surface area contributed by atoms with Crippen LogP contribution in [0.1, 0.15) is 39.0 Å². The van der Waals surface area contributed by atoms with E-state index in [1.54, 1.807) is 0 Å². The lowest BCUT2D eigenvalue weighted by molar-refractivity contribution is 0.0940. The fourth-order valence-electron chi connectivity index (χ4n) is 2.68. The molecule has 0 aliphatic rings. The van der Waals surface area contributed by atoms with E-state index < -0.39 is 0 Å². The molecule has 4 heteroatoms. The molecule has 0 fully saturated rings. The van der Waals surface area contributed by atoms with E-state index in [0.29, 0.717) is 17.9 Å². The minimum Gasteiger partial charge on any atom is -0.466 e. The molecule has 4 nitrogen and oxygen atoms in total. The van der Waals surface area contributed by atoms with Gasteiger partial charge in [0.25, 0.3) is 5.91 Å². The van der Waals surface area contributed by atoms with Crippen molar-refractivity contribution in [1.29, 1.82) is 0 Å². The lowest BCUT2D eigenvalue weighted by Gasteiger charge is -2.25. The third kappa shape index (κ3) is 3.39. The van der Waals surface area contributed by atoms with Crippen molar-refractivity contribution in [3.8, 4) is 0 Å². The number of rotatable bonds is 5. The van der Waals surface area contributed by atoms with E-state index >= 15 is 0 Å². The Hall–Kier alpha value is -2.07. The van der Waals surface area contributed by atoms with Crippen LogP contribution in [0.5, 0.6) is 0 Å². The van der Waals surface area contributed by atoms with Crippen molar-refractivity contribution in [3.05, 3.63) is 58.5 Å². The lowest BCUT2D eigenvalue weighted by atomic mass is 10.1. The van der Waals surface area contributed by atoms with Crippen molar-refractivity contribution in [2.75, 3.05) is 20.6 Å². The van der Waals surface area contributed by atoms with Crippen LogP contribution in [-0.2, 0) is 0 Å². The summed E-state index contributed by atoms with van der Waals surface area (Å²) in [5, 5.41) is 3.03. The van der Waals surface area contributed by atoms with E-state index in [1.165, 1.54) is 5.56 Å². The van der Waals surface area contributed by atoms with E-state index in [2.05, 4.69) is 22.3 Å². The highest BCUT2D eigenvalue weighted by atomic mass is 16.3. The second-order valence-electron chi connectivity index (χ2n) is 5.81. The number of amides is 1. The molecule has 0 saturated heterocycles. The van der Waals surface area contributed by atoms with Gasteiger partial charge in [0, 0.05) is 12.1 Å². The summed E-state index contributed by atoms with van der Waals surface area (Å²) in [6.07, 6.45) is 0. The van der Waals surface area contributed by atoms with Gasteiger partial charge < -0.3 is 14.6 Å². The Morgan fingerprint density at radius 3 is 2.27 bits per heavy atom. The topological polar surface area (TPSA) is 45.5 Å². The molecule has 0 spiro atoms. The maximum atomic E-state index is 12.5. The molecule has 0 bridgehead atoms. The van der Waals surface area contributed by atoms with Crippen LogP contribution in [0.25, 0.3) is 0 Å². The number of benzene rings is 1. The molecular weight excluding hydrogens is 276 g/mol. The molecule has 0 saturated carbocycles. The van der Waals surface area contributed by atoms with Crippen LogP contribution < -0.4 is 5.32 Å². The first-order valence-electron chi connectivity index (χ1n) is 7.48. The summed E-state index contributed by atoms with van der Waals surface area (Å²) in [5.74, 6) is 1.40. The second kappa shape index (κ2) is 6.79. The zero-order valence-corrected chi connectivity index (χ0v) is 13.9. The summed E-state index contributed by atoms with van der Waals surface area (Å²) in [6.45, 7) is 6.18. The van der Waals surface area contributed by atoms with Gasteiger partial charge in [-0.05, 0) is 40.4 Å². The largest absolute Gasteiger partial charge is 0.466 e. The highest BCUT2D eigenvalue weighted by Crippen LogP contribution is 2.21. The number of furan rings is 1. The molecule has 1 aromatic heterocycles. The van der Waals surface area contributed by atoms with Gasteiger partial charge in [0.15, 0.2) is 0 Å². The predicted octanol–water partition coefficient (Wildman–Crippen LogP) is 3.24. The van der Waals surface area contributed by atoms with Crippen LogP contribution in [0.15, 0.2) is 34.7 Å². The van der Waals surface area contributed by atoms with Gasteiger partial charge in [-0.3, -0.25) is 4.79 Å². The van der Waals surface area contributed by atoms with Crippen LogP contribution in [-0.4, -0.2) is 31.4 Å². The summed E-state index contributed by atoms with van der Waals surface area (Å²) >= 11 is 0. The normalized spacial score (nSPS) is 12.5. The predicted molar refractivity (Wildman–Crippen MR) is 88.1 cm³/mol. The number of aryl methyl sites for hydroxylation is 2. The Labute approximate surface area is 132 Å². The van der Waals surface area contributed by atoms with E-state index in [-0.39, 0.29) is 11.9 Å². The Morgan fingerprint density at radius 2 is 1.77 bits per heavy atom. The van der Waals surface area contributed by atoms with Crippen LogP contribution in [0.2, 0.25) is 0 Å². The number of nitrogens with one attached hydrogen (secondary N) is 1. The number of carbonyl (C=O) groups is 1. The van der Waals surface area contributed by atoms with E-state index in [1.807, 2.05) is 53.1 Å². The molecule has 2 aromatic rings. The van der Waals surface area contributed by atoms with Crippen LogP contribution >= 0.6 is 0 Å². The number of hydrogen-bond acceptors (Lipinski definition) is 3. The second-order valence-corrected chi connectivity index (χ2v) is 5.81. The standard InChI is InChI=1S/C18H24N2O2/c1-12-13(2)22-14(3)17(12)18(21)19-11-16(20(4)5)15-9-7-6-8-10-15/h6-10,16H,11H2,1-5H3,(H,19,21). The lowest BCUT2D eigenvalue weighted by Crippen LogP contribution is -2.34. The van der Waals surface area contributed by atoms with Gasteiger partial charge in [-0.15, -0.1) is 0 Å². The maximum Gasteiger partial charge on any atom is 0.255 e. The quantitative estimate of drug-likeness (QED) is 0.922. The first-order valence-corrected chi connectivity index (χ1v) is 7.48. The van der Waals surface area contributed by atoms with Crippen molar-refractivity contribution in [2.24, 2.45) is 0 Å². The molecule has 0 aliphatic heterocycles. The molecule has 1 heterocycles. The highest BCUT2D eigenvalue weighted by Gasteiger charge is 2.20. The zero-order chi connectivity index (χ0) is 16.3. The van der Waals surface area contributed by atoms with Crippen molar-refractivity contribution in [3.63, 3.8) is 0 Å². The van der Waals surface area contributed by atoms with Gasteiger partial charge >= 0.3 is 0 Å². The molecule has 2 rings (SSSR count). The fourth-order valence-corrected chi connectivity index (χ4v) is 2.68. The monoisotopic (exact) mass is 300 g/mol. The maximum absolute atomic E-state index is 12.5. The molecule has 1 unspecified atom stereocenters. The van der Waals surface area contributed by atoms with Crippen molar-refractivity contribution < 1.29 is 9.21 Å². The molecule has 22 heavy (non-hydrogen) atoms. The van der Waals surface area contributed by atoms with E-state index in [9.17, 15) is 4.79 Å². The Balaban J connectivity index is 2.11. The fraction of sp³-hybridized carbons (Fsp3) is 0.389. The first-order chi connectivity index (χ1) is 10.4. The van der Waals surface area contributed by atoms with Crippen LogP contribution in [0.3, 0.4) is 0 Å². The molecule has 1 amide bonds. The number of carbonyl (C=O) groups excluding carboxylic acids is 1. The minimum absolute atomic E-state index is 0.0744. The van der Waals surface area contributed by atoms with E-state index in [4.69, 9.17) is 4.42 Å². The first kappa shape index (κ1) is 16.3. The van der Waals surface area contributed by atoms with Gasteiger partial charge in [-0.1, -0.05) is 30.3 Å². The van der Waals surface area contributed by atoms with Gasteiger partial charge in [0.2, 0.25) is 0 Å². The molecule has 0 radical (unpaired) electrons.